The van der Waals surface area contributed by atoms with Crippen LogP contribution in [0.4, 0.5) is 11.4 Å². The van der Waals surface area contributed by atoms with Gasteiger partial charge in [-0.1, -0.05) is 18.2 Å². The van der Waals surface area contributed by atoms with Crippen molar-refractivity contribution in [3.8, 4) is 0 Å². The van der Waals surface area contributed by atoms with E-state index in [0.717, 1.165) is 22.7 Å². The summed E-state index contributed by atoms with van der Waals surface area (Å²) in [6.45, 7) is 10.6. The number of carbonyl (C=O) groups excluding carboxylic acids is 1. The van der Waals surface area contributed by atoms with Gasteiger partial charge >= 0.3 is 0 Å². The molecular weight excluding hydrogens is 338 g/mol. The monoisotopic (exact) mass is 365 g/mol. The Bertz CT molecular complexity index is 983. The number of benzene rings is 1. The lowest BCUT2D eigenvalue weighted by Crippen LogP contribution is -2.32. The van der Waals surface area contributed by atoms with Gasteiger partial charge in [0.2, 0.25) is 5.91 Å². The molecule has 1 amide bonds. The van der Waals surface area contributed by atoms with E-state index >= 15 is 0 Å². The van der Waals surface area contributed by atoms with Crippen molar-refractivity contribution in [1.29, 1.82) is 0 Å². The van der Waals surface area contributed by atoms with Gasteiger partial charge in [0.25, 0.3) is 0 Å². The smallest absolute Gasteiger partial charge is 0.241 e. The summed E-state index contributed by atoms with van der Waals surface area (Å²) in [6.07, 6.45) is 1.88. The first-order valence-corrected chi connectivity index (χ1v) is 9.12. The van der Waals surface area contributed by atoms with Crippen LogP contribution in [0.15, 0.2) is 30.5 Å². The third-order valence-electron chi connectivity index (χ3n) is 4.98. The van der Waals surface area contributed by atoms with Crippen LogP contribution < -0.4 is 16.4 Å². The maximum atomic E-state index is 12.0. The molecule has 27 heavy (non-hydrogen) atoms. The Kier molecular flexibility index (Phi) is 5.19. The van der Waals surface area contributed by atoms with Crippen molar-refractivity contribution in [1.82, 2.24) is 9.38 Å². The largest absolute Gasteiger partial charge is 0.378 e. The normalized spacial score (nSPS) is 12.2. The molecule has 4 N–H and O–H groups in total. The molecule has 0 aliphatic rings. The van der Waals surface area contributed by atoms with Gasteiger partial charge in [-0.15, -0.1) is 0 Å². The van der Waals surface area contributed by atoms with Crippen molar-refractivity contribution in [2.45, 2.75) is 47.2 Å². The van der Waals surface area contributed by atoms with Gasteiger partial charge in [0, 0.05) is 18.4 Å². The van der Waals surface area contributed by atoms with E-state index < -0.39 is 6.04 Å². The molecule has 3 aromatic rings. The standard InChI is InChI=1S/C21H27N5O/c1-12-7-6-8-13(2)18(12)10-23-19-9-17(25-21(27)14(3)22)11-26-16(5)15(4)24-20(19)26/h6-9,11,14,23H,10,22H2,1-5H3,(H,25,27)/t14-/m1/s1. The minimum atomic E-state index is -0.572. The summed E-state index contributed by atoms with van der Waals surface area (Å²) >= 11 is 0. The van der Waals surface area contributed by atoms with Crippen LogP contribution >= 0.6 is 0 Å². The van der Waals surface area contributed by atoms with E-state index in [0.29, 0.717) is 12.2 Å². The van der Waals surface area contributed by atoms with Gasteiger partial charge < -0.3 is 20.8 Å². The molecule has 0 unspecified atom stereocenters. The number of anilines is 2. The molecule has 0 aliphatic heterocycles. The second-order valence-electron chi connectivity index (χ2n) is 7.12. The minimum Gasteiger partial charge on any atom is -0.378 e. The van der Waals surface area contributed by atoms with E-state index in [4.69, 9.17) is 5.73 Å². The molecule has 3 rings (SSSR count). The molecule has 0 aliphatic carbocycles. The van der Waals surface area contributed by atoms with E-state index in [-0.39, 0.29) is 5.91 Å². The zero-order valence-corrected chi connectivity index (χ0v) is 16.6. The van der Waals surface area contributed by atoms with Crippen LogP contribution in [0.5, 0.6) is 0 Å². The minimum absolute atomic E-state index is 0.218. The summed E-state index contributed by atoms with van der Waals surface area (Å²) in [5.41, 5.74) is 13.8. The highest BCUT2D eigenvalue weighted by Gasteiger charge is 2.14. The molecule has 0 saturated carbocycles. The summed E-state index contributed by atoms with van der Waals surface area (Å²) < 4.78 is 2.00. The zero-order chi connectivity index (χ0) is 19.7. The first-order valence-electron chi connectivity index (χ1n) is 9.12. The van der Waals surface area contributed by atoms with Crippen LogP contribution in [0.2, 0.25) is 0 Å². The lowest BCUT2D eigenvalue weighted by molar-refractivity contribution is -0.117. The fourth-order valence-corrected chi connectivity index (χ4v) is 3.14. The van der Waals surface area contributed by atoms with Gasteiger partial charge in [0.05, 0.1) is 23.1 Å². The highest BCUT2D eigenvalue weighted by molar-refractivity contribution is 5.95. The predicted octanol–water partition coefficient (Wildman–Crippen LogP) is 3.47. The number of hydrogen-bond donors (Lipinski definition) is 3. The Morgan fingerprint density at radius 2 is 1.89 bits per heavy atom. The molecule has 0 saturated heterocycles. The second-order valence-corrected chi connectivity index (χ2v) is 7.12. The molecule has 1 aromatic carbocycles. The fraction of sp³-hybridized carbons (Fsp3) is 0.333. The summed E-state index contributed by atoms with van der Waals surface area (Å²) in [6, 6.07) is 7.63. The Morgan fingerprint density at radius 3 is 2.52 bits per heavy atom. The lowest BCUT2D eigenvalue weighted by atomic mass is 10.0. The summed E-state index contributed by atoms with van der Waals surface area (Å²) in [7, 11) is 0. The number of aromatic nitrogens is 2. The number of amides is 1. The number of aryl methyl sites for hydroxylation is 4. The third-order valence-corrected chi connectivity index (χ3v) is 4.98. The van der Waals surface area contributed by atoms with Crippen molar-refractivity contribution in [2.75, 3.05) is 10.6 Å². The number of rotatable bonds is 5. The molecule has 0 fully saturated rings. The Hall–Kier alpha value is -2.86. The summed E-state index contributed by atoms with van der Waals surface area (Å²) in [4.78, 5) is 16.7. The molecule has 0 spiro atoms. The van der Waals surface area contributed by atoms with Crippen LogP contribution in [-0.2, 0) is 11.3 Å². The molecule has 1 atom stereocenters. The van der Waals surface area contributed by atoms with E-state index in [1.807, 2.05) is 30.5 Å². The Balaban J connectivity index is 2.00. The third kappa shape index (κ3) is 3.80. The molecule has 2 heterocycles. The van der Waals surface area contributed by atoms with Crippen molar-refractivity contribution in [2.24, 2.45) is 5.73 Å². The van der Waals surface area contributed by atoms with E-state index in [2.05, 4.69) is 47.7 Å². The van der Waals surface area contributed by atoms with Crippen molar-refractivity contribution in [3.63, 3.8) is 0 Å². The molecule has 142 valence electrons. The average Bonchev–Trinajstić information content (AvgIpc) is 2.89. The number of pyridine rings is 1. The van der Waals surface area contributed by atoms with Gasteiger partial charge in [0.15, 0.2) is 5.65 Å². The number of carbonyl (C=O) groups is 1. The number of nitrogens with one attached hydrogen (secondary N) is 2. The maximum absolute atomic E-state index is 12.0. The highest BCUT2D eigenvalue weighted by Crippen LogP contribution is 2.26. The SMILES string of the molecule is Cc1cccc(C)c1CNc1cc(NC(=O)[C@@H](C)N)cn2c(C)c(C)nc12. The van der Waals surface area contributed by atoms with E-state index in [1.54, 1.807) is 6.92 Å². The van der Waals surface area contributed by atoms with Crippen molar-refractivity contribution in [3.05, 3.63) is 58.5 Å². The summed E-state index contributed by atoms with van der Waals surface area (Å²) in [5.74, 6) is -0.218. The van der Waals surface area contributed by atoms with Crippen LogP contribution in [0.25, 0.3) is 5.65 Å². The average molecular weight is 365 g/mol. The number of nitrogens with zero attached hydrogens (tertiary/aromatic N) is 2. The second kappa shape index (κ2) is 7.40. The first kappa shape index (κ1) is 18.9. The number of hydrogen-bond acceptors (Lipinski definition) is 4. The molecular formula is C21H27N5O. The summed E-state index contributed by atoms with van der Waals surface area (Å²) in [5, 5.41) is 6.38. The molecule has 6 heteroatoms. The van der Waals surface area contributed by atoms with Crippen LogP contribution in [0, 0.1) is 27.7 Å². The molecule has 0 bridgehead atoms. The molecule has 2 aromatic heterocycles. The Labute approximate surface area is 159 Å². The van der Waals surface area contributed by atoms with E-state index in [9.17, 15) is 4.79 Å². The van der Waals surface area contributed by atoms with Crippen LogP contribution in [0.1, 0.15) is 35.0 Å². The fourth-order valence-electron chi connectivity index (χ4n) is 3.14. The highest BCUT2D eigenvalue weighted by atomic mass is 16.2. The maximum Gasteiger partial charge on any atom is 0.241 e. The van der Waals surface area contributed by atoms with Crippen molar-refractivity contribution >= 4 is 22.9 Å². The van der Waals surface area contributed by atoms with Gasteiger partial charge in [0.1, 0.15) is 0 Å². The molecule has 0 radical (unpaired) electrons. The first-order chi connectivity index (χ1) is 12.8. The van der Waals surface area contributed by atoms with Crippen LogP contribution in [-0.4, -0.2) is 21.3 Å². The quantitative estimate of drug-likeness (QED) is 0.646. The molecule has 6 nitrogen and oxygen atoms in total. The zero-order valence-electron chi connectivity index (χ0n) is 16.6. The van der Waals surface area contributed by atoms with Gasteiger partial charge in [-0.2, -0.15) is 0 Å². The van der Waals surface area contributed by atoms with Gasteiger partial charge in [-0.3, -0.25) is 4.79 Å². The predicted molar refractivity (Wildman–Crippen MR) is 110 cm³/mol. The van der Waals surface area contributed by atoms with Crippen LogP contribution in [0.3, 0.4) is 0 Å². The number of imidazole rings is 1. The van der Waals surface area contributed by atoms with Crippen molar-refractivity contribution < 1.29 is 4.79 Å². The number of nitrogens with two attached hydrogens (primary N) is 1. The topological polar surface area (TPSA) is 84.4 Å². The van der Waals surface area contributed by atoms with Gasteiger partial charge in [-0.05, 0) is 57.4 Å². The lowest BCUT2D eigenvalue weighted by Gasteiger charge is -2.15. The van der Waals surface area contributed by atoms with E-state index in [1.165, 1.54) is 16.7 Å². The Morgan fingerprint density at radius 1 is 1.22 bits per heavy atom. The van der Waals surface area contributed by atoms with Gasteiger partial charge in [-0.25, -0.2) is 4.98 Å². The number of fused-ring (bicyclic) bond motifs is 1.